The summed E-state index contributed by atoms with van der Waals surface area (Å²) in [5, 5.41) is 32.5. The average Bonchev–Trinajstić information content (AvgIpc) is 3.15. The highest BCUT2D eigenvalue weighted by Gasteiger charge is 2.29. The van der Waals surface area contributed by atoms with Gasteiger partial charge in [0.1, 0.15) is 11.5 Å². The summed E-state index contributed by atoms with van der Waals surface area (Å²) in [4.78, 5) is 22.0. The van der Waals surface area contributed by atoms with E-state index in [0.29, 0.717) is 5.95 Å². The number of carboxylic acids is 2. The lowest BCUT2D eigenvalue weighted by Crippen LogP contribution is -2.39. The number of aliphatic hydroxyl groups is 2. The number of furan rings is 1. The highest BCUT2D eigenvalue weighted by atomic mass is 16.6. The van der Waals surface area contributed by atoms with Crippen LogP contribution in [0.25, 0.3) is 0 Å². The molecule has 2 unspecified atom stereocenters. The van der Waals surface area contributed by atoms with E-state index in [2.05, 4.69) is 4.90 Å². The molecular formula is C20H25NO8. The van der Waals surface area contributed by atoms with Crippen LogP contribution in [0.3, 0.4) is 0 Å². The third-order valence-electron chi connectivity index (χ3n) is 4.23. The number of rotatable bonds is 7. The number of likely N-dealkylation sites (tertiary alicyclic amines) is 1. The molecular weight excluding hydrogens is 382 g/mol. The standard InChI is InChI=1S/C16H19NO2.C4H6O6/c1-3-7-14(8-4-1)18-16-10-9-15(19-16)13-17-11-5-2-6-12-17;5-1(3(7)8)2(6)4(9)10/h1,3-4,7-10H,2,5-6,11-13H2;1-2,5-6H,(H,7,8)(H,9,10). The number of nitrogens with zero attached hydrogens (tertiary/aromatic N) is 1. The Hall–Kier alpha value is -2.88. The van der Waals surface area contributed by atoms with Crippen molar-refractivity contribution >= 4 is 11.9 Å². The molecule has 2 aromatic rings. The van der Waals surface area contributed by atoms with Gasteiger partial charge in [-0.05, 0) is 44.1 Å². The number of aliphatic carboxylic acids is 2. The lowest BCUT2D eigenvalue weighted by molar-refractivity contribution is -0.165. The van der Waals surface area contributed by atoms with E-state index in [1.807, 2.05) is 42.5 Å². The zero-order valence-electron chi connectivity index (χ0n) is 15.8. The van der Waals surface area contributed by atoms with Gasteiger partial charge in [0.15, 0.2) is 12.2 Å². The molecule has 4 N–H and O–H groups in total. The van der Waals surface area contributed by atoms with E-state index in [0.717, 1.165) is 18.1 Å². The van der Waals surface area contributed by atoms with E-state index < -0.39 is 24.1 Å². The summed E-state index contributed by atoms with van der Waals surface area (Å²) in [5.74, 6) is -1.18. The normalized spacial score (nSPS) is 16.2. The molecule has 1 aliphatic heterocycles. The van der Waals surface area contributed by atoms with Gasteiger partial charge in [-0.2, -0.15) is 0 Å². The molecule has 1 aromatic heterocycles. The van der Waals surface area contributed by atoms with E-state index in [-0.39, 0.29) is 0 Å². The molecule has 158 valence electrons. The first-order valence-corrected chi connectivity index (χ1v) is 9.22. The topological polar surface area (TPSA) is 141 Å². The van der Waals surface area contributed by atoms with Crippen molar-refractivity contribution in [3.05, 3.63) is 48.2 Å². The molecule has 1 fully saturated rings. The highest BCUT2D eigenvalue weighted by Crippen LogP contribution is 2.24. The van der Waals surface area contributed by atoms with Crippen LogP contribution in [-0.2, 0) is 16.1 Å². The lowest BCUT2D eigenvalue weighted by Gasteiger charge is -2.25. The van der Waals surface area contributed by atoms with Crippen LogP contribution in [-0.4, -0.2) is 62.6 Å². The SMILES string of the molecule is O=C(O)C(O)C(O)C(=O)O.c1ccc(Oc2ccc(CN3CCCCC3)o2)cc1. The second-order valence-corrected chi connectivity index (χ2v) is 6.54. The van der Waals surface area contributed by atoms with Crippen molar-refractivity contribution in [2.75, 3.05) is 13.1 Å². The van der Waals surface area contributed by atoms with Gasteiger partial charge < -0.3 is 29.6 Å². The monoisotopic (exact) mass is 407 g/mol. The summed E-state index contributed by atoms with van der Waals surface area (Å²) in [6.07, 6.45) is -0.575. The van der Waals surface area contributed by atoms with Crippen molar-refractivity contribution in [1.29, 1.82) is 0 Å². The number of para-hydroxylation sites is 1. The Balaban J connectivity index is 0.000000257. The van der Waals surface area contributed by atoms with Crippen LogP contribution in [0.1, 0.15) is 25.0 Å². The smallest absolute Gasteiger partial charge is 0.335 e. The van der Waals surface area contributed by atoms with E-state index >= 15 is 0 Å². The second kappa shape index (κ2) is 11.2. The molecule has 1 aromatic carbocycles. The number of aliphatic hydroxyl groups excluding tert-OH is 2. The third kappa shape index (κ3) is 7.57. The Morgan fingerprint density at radius 2 is 1.52 bits per heavy atom. The fourth-order valence-corrected chi connectivity index (χ4v) is 2.71. The Morgan fingerprint density at radius 3 is 2.07 bits per heavy atom. The van der Waals surface area contributed by atoms with E-state index in [1.54, 1.807) is 0 Å². The predicted molar refractivity (Wildman–Crippen MR) is 102 cm³/mol. The van der Waals surface area contributed by atoms with Crippen LogP contribution >= 0.6 is 0 Å². The third-order valence-corrected chi connectivity index (χ3v) is 4.23. The summed E-state index contributed by atoms with van der Waals surface area (Å²) in [6, 6.07) is 13.6. The van der Waals surface area contributed by atoms with Crippen molar-refractivity contribution in [2.24, 2.45) is 0 Å². The van der Waals surface area contributed by atoms with Gasteiger partial charge in [0.25, 0.3) is 5.95 Å². The van der Waals surface area contributed by atoms with Gasteiger partial charge in [-0.15, -0.1) is 0 Å². The van der Waals surface area contributed by atoms with Crippen molar-refractivity contribution < 1.29 is 39.2 Å². The molecule has 9 nitrogen and oxygen atoms in total. The summed E-state index contributed by atoms with van der Waals surface area (Å²) in [5.41, 5.74) is 0. The van der Waals surface area contributed by atoms with E-state index in [9.17, 15) is 9.59 Å². The molecule has 0 amide bonds. The molecule has 9 heteroatoms. The summed E-state index contributed by atoms with van der Waals surface area (Å²) in [6.45, 7) is 3.24. The minimum absolute atomic E-state index is 0.568. The van der Waals surface area contributed by atoms with Crippen LogP contribution in [0.15, 0.2) is 46.9 Å². The van der Waals surface area contributed by atoms with Gasteiger partial charge in [0.05, 0.1) is 6.54 Å². The van der Waals surface area contributed by atoms with Gasteiger partial charge >= 0.3 is 11.9 Å². The summed E-state index contributed by atoms with van der Waals surface area (Å²) >= 11 is 0. The van der Waals surface area contributed by atoms with Crippen molar-refractivity contribution in [3.63, 3.8) is 0 Å². The maximum absolute atomic E-state index is 9.77. The molecule has 0 saturated carbocycles. The van der Waals surface area contributed by atoms with E-state index in [4.69, 9.17) is 29.6 Å². The van der Waals surface area contributed by atoms with Crippen LogP contribution < -0.4 is 4.74 Å². The average molecular weight is 407 g/mol. The predicted octanol–water partition coefficient (Wildman–Crippen LogP) is 1.94. The van der Waals surface area contributed by atoms with Gasteiger partial charge in [-0.3, -0.25) is 4.90 Å². The van der Waals surface area contributed by atoms with Crippen molar-refractivity contribution in [1.82, 2.24) is 4.90 Å². The molecule has 29 heavy (non-hydrogen) atoms. The van der Waals surface area contributed by atoms with E-state index in [1.165, 1.54) is 32.4 Å². The molecule has 0 radical (unpaired) electrons. The molecule has 1 aliphatic rings. The van der Waals surface area contributed by atoms with Gasteiger partial charge in [0.2, 0.25) is 0 Å². The highest BCUT2D eigenvalue weighted by molar-refractivity contribution is 5.83. The maximum atomic E-state index is 9.77. The number of carboxylic acid groups (broad SMARTS) is 2. The van der Waals surface area contributed by atoms with Gasteiger partial charge in [0, 0.05) is 6.07 Å². The van der Waals surface area contributed by atoms with Gasteiger partial charge in [-0.1, -0.05) is 24.6 Å². The first-order chi connectivity index (χ1) is 13.9. The fraction of sp³-hybridized carbons (Fsp3) is 0.400. The molecule has 3 rings (SSSR count). The number of carbonyl (C=O) groups is 2. The number of hydrogen-bond acceptors (Lipinski definition) is 7. The van der Waals surface area contributed by atoms with Crippen molar-refractivity contribution in [2.45, 2.75) is 38.0 Å². The van der Waals surface area contributed by atoms with Crippen LogP contribution in [0.2, 0.25) is 0 Å². The Labute approximate surface area is 167 Å². The minimum Gasteiger partial charge on any atom is -0.479 e. The zero-order chi connectivity index (χ0) is 21.2. The van der Waals surface area contributed by atoms with Gasteiger partial charge in [-0.25, -0.2) is 9.59 Å². The number of piperidine rings is 1. The number of benzene rings is 1. The minimum atomic E-state index is -2.27. The van der Waals surface area contributed by atoms with Crippen molar-refractivity contribution in [3.8, 4) is 11.7 Å². The Kier molecular flexibility index (Phi) is 8.66. The number of hydrogen-bond donors (Lipinski definition) is 4. The second-order valence-electron chi connectivity index (χ2n) is 6.54. The summed E-state index contributed by atoms with van der Waals surface area (Å²) in [7, 11) is 0. The van der Waals surface area contributed by atoms with Crippen LogP contribution in [0.4, 0.5) is 0 Å². The molecule has 2 heterocycles. The largest absolute Gasteiger partial charge is 0.479 e. The molecule has 2 atom stereocenters. The Bertz CT molecular complexity index is 752. The summed E-state index contributed by atoms with van der Waals surface area (Å²) < 4.78 is 11.4. The lowest BCUT2D eigenvalue weighted by atomic mass is 10.1. The fourth-order valence-electron chi connectivity index (χ4n) is 2.71. The zero-order valence-corrected chi connectivity index (χ0v) is 15.8. The number of ether oxygens (including phenoxy) is 1. The van der Waals surface area contributed by atoms with Crippen LogP contribution in [0.5, 0.6) is 11.7 Å². The molecule has 0 spiro atoms. The molecule has 0 aliphatic carbocycles. The molecule has 0 bridgehead atoms. The first-order valence-electron chi connectivity index (χ1n) is 9.22. The van der Waals surface area contributed by atoms with Crippen LogP contribution in [0, 0.1) is 0 Å². The molecule has 1 saturated heterocycles. The first kappa shape index (κ1) is 22.4. The quantitative estimate of drug-likeness (QED) is 0.542. The Morgan fingerprint density at radius 1 is 0.931 bits per heavy atom. The maximum Gasteiger partial charge on any atom is 0.335 e.